The molecule has 3 aromatic rings. The van der Waals surface area contributed by atoms with E-state index in [1.165, 1.54) is 54.6 Å². The number of carbonyl (C=O) groups excluding carboxylic acids is 1. The van der Waals surface area contributed by atoms with Crippen LogP contribution < -0.4 is 5.32 Å². The summed E-state index contributed by atoms with van der Waals surface area (Å²) in [6, 6.07) is 12.2. The zero-order valence-corrected chi connectivity index (χ0v) is 14.2. The van der Waals surface area contributed by atoms with E-state index in [0.29, 0.717) is 11.3 Å². The molecular formula is C17H10ClN3O6. The zero-order valence-electron chi connectivity index (χ0n) is 13.4. The van der Waals surface area contributed by atoms with E-state index < -0.39 is 15.8 Å². The third-order valence-electron chi connectivity index (χ3n) is 3.59. The molecule has 0 atom stereocenters. The molecule has 0 saturated heterocycles. The van der Waals surface area contributed by atoms with Crippen LogP contribution in [0.15, 0.2) is 59.0 Å². The molecule has 0 aliphatic heterocycles. The van der Waals surface area contributed by atoms with Crippen molar-refractivity contribution in [2.24, 2.45) is 0 Å². The Morgan fingerprint density at radius 2 is 1.56 bits per heavy atom. The number of nitrogens with one attached hydrogen (secondary N) is 1. The minimum absolute atomic E-state index is 0.0160. The number of hydrogen-bond donors (Lipinski definition) is 1. The van der Waals surface area contributed by atoms with Gasteiger partial charge in [0.05, 0.1) is 14.9 Å². The third-order valence-corrected chi connectivity index (χ3v) is 3.91. The lowest BCUT2D eigenvalue weighted by atomic mass is 10.1. The van der Waals surface area contributed by atoms with Crippen LogP contribution in [0.25, 0.3) is 11.3 Å². The molecule has 0 spiro atoms. The van der Waals surface area contributed by atoms with Crippen molar-refractivity contribution in [3.8, 4) is 11.3 Å². The summed E-state index contributed by atoms with van der Waals surface area (Å²) in [6.07, 6.45) is 0. The highest BCUT2D eigenvalue weighted by Crippen LogP contribution is 2.32. The molecule has 2 aromatic carbocycles. The van der Waals surface area contributed by atoms with Crippen LogP contribution in [0.4, 0.5) is 17.1 Å². The van der Waals surface area contributed by atoms with Crippen molar-refractivity contribution in [3.63, 3.8) is 0 Å². The van der Waals surface area contributed by atoms with E-state index in [1.54, 1.807) is 0 Å². The van der Waals surface area contributed by atoms with Gasteiger partial charge in [-0.15, -0.1) is 0 Å². The number of rotatable bonds is 5. The minimum atomic E-state index is -0.569. The minimum Gasteiger partial charge on any atom is -0.451 e. The van der Waals surface area contributed by atoms with Crippen molar-refractivity contribution in [1.29, 1.82) is 0 Å². The van der Waals surface area contributed by atoms with Crippen molar-refractivity contribution in [3.05, 3.63) is 85.6 Å². The lowest BCUT2D eigenvalue weighted by Gasteiger charge is -2.03. The maximum Gasteiger partial charge on any atom is 0.291 e. The maximum absolute atomic E-state index is 12.2. The number of anilines is 1. The van der Waals surface area contributed by atoms with E-state index in [9.17, 15) is 25.0 Å². The average Bonchev–Trinajstić information content (AvgIpc) is 3.12. The molecule has 9 nitrogen and oxygen atoms in total. The summed E-state index contributed by atoms with van der Waals surface area (Å²) in [5, 5.41) is 24.1. The Bertz CT molecular complexity index is 1050. The molecule has 1 heterocycles. The van der Waals surface area contributed by atoms with E-state index in [-0.39, 0.29) is 27.9 Å². The second-order valence-electron chi connectivity index (χ2n) is 5.34. The second kappa shape index (κ2) is 7.26. The van der Waals surface area contributed by atoms with E-state index >= 15 is 0 Å². The first-order valence-electron chi connectivity index (χ1n) is 7.45. The molecule has 1 N–H and O–H groups in total. The van der Waals surface area contributed by atoms with Gasteiger partial charge in [-0.05, 0) is 30.3 Å². The number of benzene rings is 2. The number of nitro groups is 2. The van der Waals surface area contributed by atoms with Gasteiger partial charge in [-0.3, -0.25) is 25.0 Å². The Balaban J connectivity index is 1.78. The van der Waals surface area contributed by atoms with Crippen molar-refractivity contribution >= 4 is 34.6 Å². The molecule has 27 heavy (non-hydrogen) atoms. The van der Waals surface area contributed by atoms with Gasteiger partial charge in [-0.2, -0.15) is 0 Å². The van der Waals surface area contributed by atoms with Gasteiger partial charge >= 0.3 is 0 Å². The van der Waals surface area contributed by atoms with E-state index in [4.69, 9.17) is 16.0 Å². The molecule has 3 rings (SSSR count). The van der Waals surface area contributed by atoms with Crippen LogP contribution in [-0.4, -0.2) is 15.8 Å². The fourth-order valence-corrected chi connectivity index (χ4v) is 2.55. The number of carbonyl (C=O) groups is 1. The lowest BCUT2D eigenvalue weighted by molar-refractivity contribution is -0.385. The van der Waals surface area contributed by atoms with Gasteiger partial charge in [0.15, 0.2) is 5.76 Å². The Hall–Kier alpha value is -3.72. The van der Waals surface area contributed by atoms with Gasteiger partial charge in [0, 0.05) is 35.5 Å². The monoisotopic (exact) mass is 387 g/mol. The van der Waals surface area contributed by atoms with Crippen LogP contribution in [0.1, 0.15) is 10.6 Å². The van der Waals surface area contributed by atoms with Crippen LogP contribution >= 0.6 is 11.6 Å². The summed E-state index contributed by atoms with van der Waals surface area (Å²) >= 11 is 6.05. The normalized spacial score (nSPS) is 10.4. The fourth-order valence-electron chi connectivity index (χ4n) is 2.28. The van der Waals surface area contributed by atoms with Crippen molar-refractivity contribution < 1.29 is 19.1 Å². The first-order valence-corrected chi connectivity index (χ1v) is 7.83. The predicted molar refractivity (Wildman–Crippen MR) is 96.9 cm³/mol. The summed E-state index contributed by atoms with van der Waals surface area (Å²) < 4.78 is 5.47. The van der Waals surface area contributed by atoms with Gasteiger partial charge in [0.1, 0.15) is 5.76 Å². The molecular weight excluding hydrogens is 378 g/mol. The zero-order chi connectivity index (χ0) is 19.6. The van der Waals surface area contributed by atoms with Crippen LogP contribution in [0.2, 0.25) is 5.02 Å². The highest BCUT2D eigenvalue weighted by atomic mass is 35.5. The van der Waals surface area contributed by atoms with Gasteiger partial charge in [0.2, 0.25) is 0 Å². The summed E-state index contributed by atoms with van der Waals surface area (Å²) in [5.41, 5.74) is 0.501. The summed E-state index contributed by atoms with van der Waals surface area (Å²) in [5.74, 6) is -0.311. The van der Waals surface area contributed by atoms with Crippen LogP contribution in [0.3, 0.4) is 0 Å². The molecule has 0 bridgehead atoms. The highest BCUT2D eigenvalue weighted by Gasteiger charge is 2.17. The van der Waals surface area contributed by atoms with Crippen molar-refractivity contribution in [1.82, 2.24) is 0 Å². The molecule has 136 valence electrons. The first-order chi connectivity index (χ1) is 12.8. The number of nitrogens with zero attached hydrogens (tertiary/aromatic N) is 2. The van der Waals surface area contributed by atoms with Gasteiger partial charge < -0.3 is 9.73 Å². The number of non-ortho nitro benzene ring substituents is 2. The fraction of sp³-hybridized carbons (Fsp3) is 0. The molecule has 0 aliphatic rings. The largest absolute Gasteiger partial charge is 0.451 e. The third kappa shape index (κ3) is 3.93. The van der Waals surface area contributed by atoms with Gasteiger partial charge in [0.25, 0.3) is 17.3 Å². The second-order valence-corrected chi connectivity index (χ2v) is 5.75. The Labute approximate surface area is 156 Å². The van der Waals surface area contributed by atoms with Gasteiger partial charge in [-0.1, -0.05) is 11.6 Å². The van der Waals surface area contributed by atoms with Crippen molar-refractivity contribution in [2.45, 2.75) is 0 Å². The predicted octanol–water partition coefficient (Wildman–Crippen LogP) is 4.67. The Kier molecular flexibility index (Phi) is 4.86. The molecule has 0 radical (unpaired) electrons. The molecule has 0 aliphatic carbocycles. The topological polar surface area (TPSA) is 129 Å². The van der Waals surface area contributed by atoms with Gasteiger partial charge in [-0.25, -0.2) is 0 Å². The Morgan fingerprint density at radius 1 is 0.926 bits per heavy atom. The SMILES string of the molecule is O=C(Nc1ccc([N+](=O)[O-])cc1)c1ccc(-c2ccc([N+](=O)[O-])cc2Cl)o1. The molecule has 0 unspecified atom stereocenters. The summed E-state index contributed by atoms with van der Waals surface area (Å²) in [6.45, 7) is 0. The molecule has 0 fully saturated rings. The first kappa shape index (κ1) is 18.1. The van der Waals surface area contributed by atoms with Crippen LogP contribution in [0, 0.1) is 20.2 Å². The number of nitro benzene ring substituents is 2. The number of halogens is 1. The molecule has 0 saturated carbocycles. The summed E-state index contributed by atoms with van der Waals surface area (Å²) in [4.78, 5) is 32.5. The highest BCUT2D eigenvalue weighted by molar-refractivity contribution is 6.33. The molecule has 10 heteroatoms. The molecule has 1 aromatic heterocycles. The average molecular weight is 388 g/mol. The van der Waals surface area contributed by atoms with E-state index in [0.717, 1.165) is 0 Å². The maximum atomic E-state index is 12.2. The summed E-state index contributed by atoms with van der Waals surface area (Å²) in [7, 11) is 0. The smallest absolute Gasteiger partial charge is 0.291 e. The van der Waals surface area contributed by atoms with E-state index in [1.807, 2.05) is 0 Å². The standard InChI is InChI=1S/C17H10ClN3O6/c18-14-9-12(21(25)26)5-6-13(14)15-7-8-16(27-15)17(22)19-10-1-3-11(4-2-10)20(23)24/h1-9H,(H,19,22). The number of hydrogen-bond acceptors (Lipinski definition) is 6. The van der Waals surface area contributed by atoms with Crippen molar-refractivity contribution in [2.75, 3.05) is 5.32 Å². The number of furan rings is 1. The van der Waals surface area contributed by atoms with E-state index in [2.05, 4.69) is 5.32 Å². The quantitative estimate of drug-likeness (QED) is 0.500. The lowest BCUT2D eigenvalue weighted by Crippen LogP contribution is -2.10. The van der Waals surface area contributed by atoms with Crippen LogP contribution in [-0.2, 0) is 0 Å². The number of amides is 1. The van der Waals surface area contributed by atoms with Crippen LogP contribution in [0.5, 0.6) is 0 Å². The Morgan fingerprint density at radius 3 is 2.15 bits per heavy atom. The molecule has 1 amide bonds.